The molecule has 0 saturated heterocycles. The van der Waals surface area contributed by atoms with Crippen LogP contribution < -0.4 is 5.73 Å². The highest BCUT2D eigenvalue weighted by Gasteiger charge is 1.99. The van der Waals surface area contributed by atoms with Gasteiger partial charge in [-0.3, -0.25) is 0 Å². The minimum absolute atomic E-state index is 0. The van der Waals surface area contributed by atoms with Gasteiger partial charge in [0.1, 0.15) is 0 Å². The Morgan fingerprint density at radius 1 is 1.64 bits per heavy atom. The van der Waals surface area contributed by atoms with Gasteiger partial charge in [-0.15, -0.1) is 12.4 Å². The van der Waals surface area contributed by atoms with Gasteiger partial charge in [0.25, 0.3) is 0 Å². The standard InChI is InChI=1S/C8H17NO.ClH/c1-3-4-7(2)5-8(9)6-10;/h4,8,10H,3,5-6,9H2,1-2H3;1H/b7-4+;. The fraction of sp³-hybridized carbons (Fsp3) is 0.750. The van der Waals surface area contributed by atoms with Crippen molar-refractivity contribution < 1.29 is 5.11 Å². The molecule has 0 amide bonds. The van der Waals surface area contributed by atoms with Gasteiger partial charge in [0.05, 0.1) is 6.61 Å². The first-order valence-electron chi connectivity index (χ1n) is 3.72. The van der Waals surface area contributed by atoms with Crippen molar-refractivity contribution in [1.82, 2.24) is 0 Å². The van der Waals surface area contributed by atoms with Crippen LogP contribution in [0.5, 0.6) is 0 Å². The summed E-state index contributed by atoms with van der Waals surface area (Å²) in [5.41, 5.74) is 6.78. The molecule has 68 valence electrons. The molecular weight excluding hydrogens is 162 g/mol. The molecule has 1 atom stereocenters. The van der Waals surface area contributed by atoms with Gasteiger partial charge in [-0.05, 0) is 19.8 Å². The summed E-state index contributed by atoms with van der Waals surface area (Å²) in [4.78, 5) is 0. The summed E-state index contributed by atoms with van der Waals surface area (Å²) in [6.45, 7) is 4.21. The molecule has 0 fully saturated rings. The van der Waals surface area contributed by atoms with Crippen LogP contribution in [0.2, 0.25) is 0 Å². The molecule has 0 radical (unpaired) electrons. The van der Waals surface area contributed by atoms with E-state index >= 15 is 0 Å². The number of hydrogen-bond acceptors (Lipinski definition) is 2. The van der Waals surface area contributed by atoms with Crippen LogP contribution >= 0.6 is 12.4 Å². The maximum atomic E-state index is 8.60. The summed E-state index contributed by atoms with van der Waals surface area (Å²) in [5.74, 6) is 0. The monoisotopic (exact) mass is 179 g/mol. The van der Waals surface area contributed by atoms with Crippen molar-refractivity contribution >= 4 is 12.4 Å². The molecule has 0 heterocycles. The molecule has 3 N–H and O–H groups in total. The first-order valence-corrected chi connectivity index (χ1v) is 3.72. The lowest BCUT2D eigenvalue weighted by molar-refractivity contribution is 0.265. The molecule has 0 aromatic rings. The summed E-state index contributed by atoms with van der Waals surface area (Å²) >= 11 is 0. The quantitative estimate of drug-likeness (QED) is 0.643. The normalized spacial score (nSPS) is 14.0. The Kier molecular flexibility index (Phi) is 9.90. The SMILES string of the molecule is CC/C=C(\C)CC(N)CO.Cl. The number of rotatable bonds is 4. The molecule has 0 spiro atoms. The third-order valence-electron chi connectivity index (χ3n) is 1.37. The van der Waals surface area contributed by atoms with E-state index in [4.69, 9.17) is 10.8 Å². The molecule has 0 rings (SSSR count). The van der Waals surface area contributed by atoms with E-state index < -0.39 is 0 Å². The maximum Gasteiger partial charge on any atom is 0.0585 e. The molecule has 0 aliphatic rings. The predicted octanol–water partition coefficient (Wildman–Crippen LogP) is 1.47. The minimum atomic E-state index is -0.0807. The lowest BCUT2D eigenvalue weighted by atomic mass is 10.1. The Morgan fingerprint density at radius 2 is 2.18 bits per heavy atom. The highest BCUT2D eigenvalue weighted by molar-refractivity contribution is 5.85. The average Bonchev–Trinajstić information content (AvgIpc) is 1.88. The van der Waals surface area contributed by atoms with Gasteiger partial charge < -0.3 is 10.8 Å². The highest BCUT2D eigenvalue weighted by atomic mass is 35.5. The van der Waals surface area contributed by atoms with Crippen molar-refractivity contribution in [2.75, 3.05) is 6.61 Å². The minimum Gasteiger partial charge on any atom is -0.395 e. The number of aliphatic hydroxyl groups is 1. The number of nitrogens with two attached hydrogens (primary N) is 1. The van der Waals surface area contributed by atoms with Crippen LogP contribution in [-0.2, 0) is 0 Å². The lowest BCUT2D eigenvalue weighted by Gasteiger charge is -2.06. The van der Waals surface area contributed by atoms with E-state index in [9.17, 15) is 0 Å². The van der Waals surface area contributed by atoms with E-state index in [2.05, 4.69) is 13.0 Å². The Bertz CT molecular complexity index is 115. The van der Waals surface area contributed by atoms with Crippen molar-refractivity contribution in [3.8, 4) is 0 Å². The van der Waals surface area contributed by atoms with Gasteiger partial charge >= 0.3 is 0 Å². The summed E-state index contributed by atoms with van der Waals surface area (Å²) in [6, 6.07) is -0.0807. The first kappa shape index (κ1) is 13.5. The third kappa shape index (κ3) is 7.85. The number of aliphatic hydroxyl groups excluding tert-OH is 1. The van der Waals surface area contributed by atoms with Gasteiger partial charge in [-0.1, -0.05) is 18.6 Å². The van der Waals surface area contributed by atoms with Gasteiger partial charge in [-0.25, -0.2) is 0 Å². The lowest BCUT2D eigenvalue weighted by Crippen LogP contribution is -2.24. The van der Waals surface area contributed by atoms with Crippen molar-refractivity contribution in [2.45, 2.75) is 32.7 Å². The number of allylic oxidation sites excluding steroid dienone is 1. The van der Waals surface area contributed by atoms with E-state index in [1.54, 1.807) is 0 Å². The molecule has 0 bridgehead atoms. The molecule has 1 unspecified atom stereocenters. The van der Waals surface area contributed by atoms with Gasteiger partial charge in [0.15, 0.2) is 0 Å². The molecule has 0 aliphatic heterocycles. The predicted molar refractivity (Wildman–Crippen MR) is 51.0 cm³/mol. The van der Waals surface area contributed by atoms with Crippen LogP contribution in [0.25, 0.3) is 0 Å². The molecule has 11 heavy (non-hydrogen) atoms. The van der Waals surface area contributed by atoms with E-state index in [-0.39, 0.29) is 25.1 Å². The maximum absolute atomic E-state index is 8.60. The van der Waals surface area contributed by atoms with Crippen molar-refractivity contribution in [2.24, 2.45) is 5.73 Å². The Hall–Kier alpha value is -0.0500. The summed E-state index contributed by atoms with van der Waals surface area (Å²) in [7, 11) is 0. The molecule has 2 nitrogen and oxygen atoms in total. The fourth-order valence-electron chi connectivity index (χ4n) is 0.910. The molecule has 3 heteroatoms. The largest absolute Gasteiger partial charge is 0.395 e. The van der Waals surface area contributed by atoms with E-state index in [0.717, 1.165) is 12.8 Å². The van der Waals surface area contributed by atoms with Crippen LogP contribution in [-0.4, -0.2) is 17.8 Å². The highest BCUT2D eigenvalue weighted by Crippen LogP contribution is 2.03. The third-order valence-corrected chi connectivity index (χ3v) is 1.37. The molecular formula is C8H18ClNO. The Balaban J connectivity index is 0. The van der Waals surface area contributed by atoms with Crippen LogP contribution in [0, 0.1) is 0 Å². The van der Waals surface area contributed by atoms with E-state index in [0.29, 0.717) is 0 Å². The topological polar surface area (TPSA) is 46.2 Å². The number of halogens is 1. The van der Waals surface area contributed by atoms with Gasteiger partial charge in [-0.2, -0.15) is 0 Å². The second kappa shape index (κ2) is 8.05. The number of hydrogen-bond donors (Lipinski definition) is 2. The van der Waals surface area contributed by atoms with Crippen LogP contribution in [0.1, 0.15) is 26.7 Å². The fourth-order valence-corrected chi connectivity index (χ4v) is 0.910. The van der Waals surface area contributed by atoms with Crippen molar-refractivity contribution in [3.05, 3.63) is 11.6 Å². The smallest absolute Gasteiger partial charge is 0.0585 e. The zero-order chi connectivity index (χ0) is 7.98. The molecule has 0 saturated carbocycles. The van der Waals surface area contributed by atoms with Gasteiger partial charge in [0, 0.05) is 6.04 Å². The molecule has 0 aromatic carbocycles. The Labute approximate surface area is 74.9 Å². The zero-order valence-electron chi connectivity index (χ0n) is 7.21. The van der Waals surface area contributed by atoms with E-state index in [1.807, 2.05) is 6.92 Å². The molecule has 0 aliphatic carbocycles. The van der Waals surface area contributed by atoms with Crippen LogP contribution in [0.4, 0.5) is 0 Å². The zero-order valence-corrected chi connectivity index (χ0v) is 8.03. The Morgan fingerprint density at radius 3 is 2.55 bits per heavy atom. The summed E-state index contributed by atoms with van der Waals surface area (Å²) in [5, 5.41) is 8.60. The van der Waals surface area contributed by atoms with Gasteiger partial charge in [0.2, 0.25) is 0 Å². The summed E-state index contributed by atoms with van der Waals surface area (Å²) < 4.78 is 0. The van der Waals surface area contributed by atoms with E-state index in [1.165, 1.54) is 5.57 Å². The average molecular weight is 180 g/mol. The first-order chi connectivity index (χ1) is 4.70. The summed E-state index contributed by atoms with van der Waals surface area (Å²) in [6.07, 6.45) is 3.99. The molecule has 0 aromatic heterocycles. The van der Waals surface area contributed by atoms with Crippen LogP contribution in [0.3, 0.4) is 0 Å². The van der Waals surface area contributed by atoms with Crippen molar-refractivity contribution in [1.29, 1.82) is 0 Å². The second-order valence-electron chi connectivity index (χ2n) is 2.61. The second-order valence-corrected chi connectivity index (χ2v) is 2.61. The van der Waals surface area contributed by atoms with Crippen molar-refractivity contribution in [3.63, 3.8) is 0 Å². The van der Waals surface area contributed by atoms with Crippen LogP contribution in [0.15, 0.2) is 11.6 Å².